The Morgan fingerprint density at radius 1 is 1.33 bits per heavy atom. The summed E-state index contributed by atoms with van der Waals surface area (Å²) in [6.07, 6.45) is -2.44. The van der Waals surface area contributed by atoms with Gasteiger partial charge in [-0.25, -0.2) is 8.78 Å². The second-order valence-electron chi connectivity index (χ2n) is 3.88. The fourth-order valence-corrected chi connectivity index (χ4v) is 1.57. The van der Waals surface area contributed by atoms with E-state index in [-0.39, 0.29) is 5.56 Å². The third-order valence-corrected chi connectivity index (χ3v) is 2.38. The largest absolute Gasteiger partial charge is 0.340 e. The highest BCUT2D eigenvalue weighted by Crippen LogP contribution is 2.19. The number of benzene rings is 1. The van der Waals surface area contributed by atoms with E-state index in [0.29, 0.717) is 24.8 Å². The van der Waals surface area contributed by atoms with E-state index in [1.165, 1.54) is 12.1 Å². The minimum atomic E-state index is -2.44. The van der Waals surface area contributed by atoms with Crippen LogP contribution < -0.4 is 5.32 Å². The summed E-state index contributed by atoms with van der Waals surface area (Å²) < 4.78 is 29.8. The molecule has 0 saturated heterocycles. The van der Waals surface area contributed by atoms with Crippen molar-refractivity contribution in [1.82, 2.24) is 15.5 Å². The van der Waals surface area contributed by atoms with E-state index in [1.54, 1.807) is 19.1 Å². The van der Waals surface area contributed by atoms with Gasteiger partial charge in [-0.05, 0) is 11.6 Å². The standard InChI is InChI=1S/C12H13F2N3O/c1-8-16-11(17-18-8)7-15-6-9-3-2-4-10(5-9)12(13)14/h2-5,12,15H,6-7H2,1H3. The number of nitrogens with one attached hydrogen (secondary N) is 1. The average Bonchev–Trinajstić information content (AvgIpc) is 2.75. The van der Waals surface area contributed by atoms with Crippen LogP contribution in [0.1, 0.15) is 29.3 Å². The van der Waals surface area contributed by atoms with Gasteiger partial charge >= 0.3 is 0 Å². The van der Waals surface area contributed by atoms with Gasteiger partial charge in [-0.3, -0.25) is 0 Å². The maximum atomic E-state index is 12.5. The van der Waals surface area contributed by atoms with E-state index in [1.807, 2.05) is 0 Å². The molecule has 0 unspecified atom stereocenters. The first kappa shape index (κ1) is 12.6. The summed E-state index contributed by atoms with van der Waals surface area (Å²) in [6.45, 7) is 2.63. The van der Waals surface area contributed by atoms with E-state index in [2.05, 4.69) is 15.5 Å². The smallest absolute Gasteiger partial charge is 0.263 e. The molecule has 0 amide bonds. The van der Waals surface area contributed by atoms with Crippen molar-refractivity contribution in [1.29, 1.82) is 0 Å². The fourth-order valence-electron chi connectivity index (χ4n) is 1.57. The monoisotopic (exact) mass is 253 g/mol. The van der Waals surface area contributed by atoms with Crippen LogP contribution in [0.5, 0.6) is 0 Å². The van der Waals surface area contributed by atoms with Crippen molar-refractivity contribution in [2.24, 2.45) is 0 Å². The summed E-state index contributed by atoms with van der Waals surface area (Å²) >= 11 is 0. The highest BCUT2D eigenvalue weighted by molar-refractivity contribution is 5.24. The first-order valence-corrected chi connectivity index (χ1v) is 5.52. The Morgan fingerprint density at radius 3 is 2.83 bits per heavy atom. The molecule has 0 bridgehead atoms. The van der Waals surface area contributed by atoms with Gasteiger partial charge in [0.1, 0.15) is 0 Å². The lowest BCUT2D eigenvalue weighted by Crippen LogP contribution is -2.13. The lowest BCUT2D eigenvalue weighted by atomic mass is 10.1. The third kappa shape index (κ3) is 3.33. The molecule has 18 heavy (non-hydrogen) atoms. The van der Waals surface area contributed by atoms with Gasteiger partial charge in [0.25, 0.3) is 6.43 Å². The molecule has 0 atom stereocenters. The molecule has 0 radical (unpaired) electrons. The Labute approximate surface area is 103 Å². The molecule has 1 aromatic heterocycles. The molecule has 0 spiro atoms. The van der Waals surface area contributed by atoms with Crippen LogP contribution in [0.3, 0.4) is 0 Å². The first-order valence-electron chi connectivity index (χ1n) is 5.52. The maximum Gasteiger partial charge on any atom is 0.263 e. The molecule has 2 aromatic rings. The highest BCUT2D eigenvalue weighted by atomic mass is 19.3. The van der Waals surface area contributed by atoms with Crippen LogP contribution in [0.25, 0.3) is 0 Å². The normalized spacial score (nSPS) is 11.1. The minimum absolute atomic E-state index is 0.0321. The zero-order valence-electron chi connectivity index (χ0n) is 9.86. The van der Waals surface area contributed by atoms with Gasteiger partial charge < -0.3 is 9.84 Å². The second-order valence-corrected chi connectivity index (χ2v) is 3.88. The van der Waals surface area contributed by atoms with Gasteiger partial charge in [0, 0.05) is 19.0 Å². The summed E-state index contributed by atoms with van der Waals surface area (Å²) in [7, 11) is 0. The fraction of sp³-hybridized carbons (Fsp3) is 0.333. The van der Waals surface area contributed by atoms with Crippen molar-refractivity contribution < 1.29 is 13.3 Å². The molecular weight excluding hydrogens is 240 g/mol. The summed E-state index contributed by atoms with van der Waals surface area (Å²) in [4.78, 5) is 4.03. The number of alkyl halides is 2. The Bertz CT molecular complexity index is 514. The van der Waals surface area contributed by atoms with Crippen molar-refractivity contribution in [2.75, 3.05) is 0 Å². The quantitative estimate of drug-likeness (QED) is 0.889. The van der Waals surface area contributed by atoms with Crippen LogP contribution in [-0.4, -0.2) is 10.1 Å². The van der Waals surface area contributed by atoms with Crippen molar-refractivity contribution in [3.63, 3.8) is 0 Å². The van der Waals surface area contributed by atoms with Crippen LogP contribution in [0, 0.1) is 6.92 Å². The predicted octanol–water partition coefficient (Wildman–Crippen LogP) is 2.61. The van der Waals surface area contributed by atoms with Crippen LogP contribution in [0.15, 0.2) is 28.8 Å². The van der Waals surface area contributed by atoms with Crippen molar-refractivity contribution in [3.8, 4) is 0 Å². The number of halogens is 2. The van der Waals surface area contributed by atoms with Gasteiger partial charge in [0.2, 0.25) is 5.89 Å². The molecule has 6 heteroatoms. The summed E-state index contributed by atoms with van der Waals surface area (Å²) in [5.41, 5.74) is 0.831. The summed E-state index contributed by atoms with van der Waals surface area (Å²) in [5, 5.41) is 6.79. The molecule has 0 saturated carbocycles. The lowest BCUT2D eigenvalue weighted by Gasteiger charge is -2.05. The van der Waals surface area contributed by atoms with Crippen LogP contribution in [0.2, 0.25) is 0 Å². The molecule has 0 aliphatic carbocycles. The van der Waals surface area contributed by atoms with Crippen molar-refractivity contribution >= 4 is 0 Å². The number of aromatic nitrogens is 2. The molecule has 0 aliphatic heterocycles. The highest BCUT2D eigenvalue weighted by Gasteiger charge is 2.07. The van der Waals surface area contributed by atoms with Crippen LogP contribution in [-0.2, 0) is 13.1 Å². The molecule has 1 aromatic carbocycles. The number of hydrogen-bond acceptors (Lipinski definition) is 4. The predicted molar refractivity (Wildman–Crippen MR) is 61.0 cm³/mol. The molecular formula is C12H13F2N3O. The topological polar surface area (TPSA) is 51.0 Å². The molecule has 2 rings (SSSR count). The SMILES string of the molecule is Cc1nc(CNCc2cccc(C(F)F)c2)no1. The Hall–Kier alpha value is -1.82. The maximum absolute atomic E-state index is 12.5. The van der Waals surface area contributed by atoms with Crippen molar-refractivity contribution in [2.45, 2.75) is 26.4 Å². The van der Waals surface area contributed by atoms with Crippen molar-refractivity contribution in [3.05, 3.63) is 47.1 Å². The molecule has 1 heterocycles. The zero-order valence-corrected chi connectivity index (χ0v) is 9.86. The Morgan fingerprint density at radius 2 is 2.17 bits per heavy atom. The molecule has 0 fully saturated rings. The van der Waals surface area contributed by atoms with Gasteiger partial charge in [0.15, 0.2) is 5.82 Å². The summed E-state index contributed by atoms with van der Waals surface area (Å²) in [5.74, 6) is 1.06. The van der Waals surface area contributed by atoms with Gasteiger partial charge in [-0.1, -0.05) is 23.4 Å². The third-order valence-electron chi connectivity index (χ3n) is 2.38. The molecule has 4 nitrogen and oxygen atoms in total. The minimum Gasteiger partial charge on any atom is -0.340 e. The number of nitrogens with zero attached hydrogens (tertiary/aromatic N) is 2. The van der Waals surface area contributed by atoms with E-state index in [9.17, 15) is 8.78 Å². The van der Waals surface area contributed by atoms with Gasteiger partial charge in [0.05, 0.1) is 6.54 Å². The summed E-state index contributed by atoms with van der Waals surface area (Å²) in [6, 6.07) is 6.31. The molecule has 1 N–H and O–H groups in total. The Balaban J connectivity index is 1.88. The molecule has 96 valence electrons. The second kappa shape index (κ2) is 5.68. The first-order chi connectivity index (χ1) is 8.65. The van der Waals surface area contributed by atoms with E-state index in [0.717, 1.165) is 5.56 Å². The number of aryl methyl sites for hydroxylation is 1. The number of hydrogen-bond donors (Lipinski definition) is 1. The van der Waals surface area contributed by atoms with Gasteiger partial charge in [-0.15, -0.1) is 0 Å². The Kier molecular flexibility index (Phi) is 3.99. The van der Waals surface area contributed by atoms with E-state index in [4.69, 9.17) is 4.52 Å². The van der Waals surface area contributed by atoms with Crippen LogP contribution >= 0.6 is 0 Å². The van der Waals surface area contributed by atoms with Gasteiger partial charge in [-0.2, -0.15) is 4.98 Å². The molecule has 0 aliphatic rings. The average molecular weight is 253 g/mol. The lowest BCUT2D eigenvalue weighted by molar-refractivity contribution is 0.151. The van der Waals surface area contributed by atoms with Crippen LogP contribution in [0.4, 0.5) is 8.78 Å². The van der Waals surface area contributed by atoms with E-state index >= 15 is 0 Å². The van der Waals surface area contributed by atoms with E-state index < -0.39 is 6.43 Å². The number of rotatable bonds is 5. The zero-order chi connectivity index (χ0) is 13.0.